The Morgan fingerprint density at radius 1 is 1.23 bits per heavy atom. The molecule has 1 N–H and O–H groups in total. The molecule has 1 fully saturated rings. The average Bonchev–Trinajstić information content (AvgIpc) is 3.29. The van der Waals surface area contributed by atoms with Crippen LogP contribution in [0.5, 0.6) is 0 Å². The molecule has 1 aromatic carbocycles. The molecule has 0 unspecified atom stereocenters. The number of pyridine rings is 1. The number of carbonyl (C=O) groups excluding carboxylic acids is 1. The van der Waals surface area contributed by atoms with Gasteiger partial charge in [-0.1, -0.05) is 28.9 Å². The normalized spacial score (nSPS) is 13.4. The van der Waals surface area contributed by atoms with Crippen molar-refractivity contribution < 1.29 is 9.32 Å². The van der Waals surface area contributed by atoms with Gasteiger partial charge in [0.15, 0.2) is 5.82 Å². The molecule has 0 atom stereocenters. The van der Waals surface area contributed by atoms with Crippen molar-refractivity contribution in [2.75, 3.05) is 0 Å². The van der Waals surface area contributed by atoms with Crippen molar-refractivity contribution in [1.29, 1.82) is 0 Å². The number of amides is 1. The lowest BCUT2D eigenvalue weighted by molar-refractivity contribution is 0.0946. The van der Waals surface area contributed by atoms with E-state index in [0.717, 1.165) is 29.8 Å². The largest absolute Gasteiger partial charge is 0.347 e. The van der Waals surface area contributed by atoms with E-state index in [4.69, 9.17) is 16.1 Å². The quantitative estimate of drug-likeness (QED) is 0.509. The van der Waals surface area contributed by atoms with Crippen LogP contribution in [0.1, 0.15) is 40.6 Å². The highest BCUT2D eigenvalue weighted by Gasteiger charge is 2.29. The van der Waals surface area contributed by atoms with E-state index in [0.29, 0.717) is 34.9 Å². The number of imidazole rings is 1. The van der Waals surface area contributed by atoms with Crippen molar-refractivity contribution in [3.05, 3.63) is 77.2 Å². The van der Waals surface area contributed by atoms with Gasteiger partial charge in [0.25, 0.3) is 11.8 Å². The van der Waals surface area contributed by atoms with E-state index in [2.05, 4.69) is 25.4 Å². The van der Waals surface area contributed by atoms with Crippen molar-refractivity contribution in [2.24, 2.45) is 0 Å². The van der Waals surface area contributed by atoms with E-state index in [-0.39, 0.29) is 5.91 Å². The van der Waals surface area contributed by atoms with Crippen LogP contribution in [0.3, 0.4) is 0 Å². The van der Waals surface area contributed by atoms with Gasteiger partial charge in [-0.3, -0.25) is 9.36 Å². The van der Waals surface area contributed by atoms with Gasteiger partial charge in [-0.25, -0.2) is 9.97 Å². The van der Waals surface area contributed by atoms with E-state index < -0.39 is 0 Å². The standard InChI is InChI=1S/C21H17ClN6O2/c22-16-3-1-2-13(8-16)9-24-20(29)17-11-28(12-25-17)18-7-6-15(10-23-18)21-26-19(27-30-21)14-4-5-14/h1-3,6-8,10-12,14H,4-5,9H2,(H,24,29). The number of rotatable bonds is 6. The maximum Gasteiger partial charge on any atom is 0.271 e. The number of benzene rings is 1. The molecule has 0 bridgehead atoms. The topological polar surface area (TPSA) is 98.7 Å². The van der Waals surface area contributed by atoms with E-state index in [1.54, 1.807) is 29.4 Å². The van der Waals surface area contributed by atoms with Crippen molar-refractivity contribution in [3.63, 3.8) is 0 Å². The fourth-order valence-electron chi connectivity index (χ4n) is 3.01. The molecule has 3 aromatic heterocycles. The van der Waals surface area contributed by atoms with Crippen LogP contribution in [-0.2, 0) is 6.54 Å². The Labute approximate surface area is 176 Å². The molecule has 0 spiro atoms. The number of hydrogen-bond acceptors (Lipinski definition) is 6. The molecule has 1 aliphatic carbocycles. The average molecular weight is 421 g/mol. The third-order valence-corrected chi connectivity index (χ3v) is 5.04. The monoisotopic (exact) mass is 420 g/mol. The first-order valence-corrected chi connectivity index (χ1v) is 9.90. The molecule has 0 radical (unpaired) electrons. The molecule has 5 rings (SSSR count). The van der Waals surface area contributed by atoms with Crippen molar-refractivity contribution in [2.45, 2.75) is 25.3 Å². The Balaban J connectivity index is 1.25. The third-order valence-electron chi connectivity index (χ3n) is 4.80. The summed E-state index contributed by atoms with van der Waals surface area (Å²) in [4.78, 5) is 25.4. The summed E-state index contributed by atoms with van der Waals surface area (Å²) in [5.41, 5.74) is 1.96. The maximum atomic E-state index is 12.4. The van der Waals surface area contributed by atoms with Gasteiger partial charge in [0, 0.05) is 29.9 Å². The highest BCUT2D eigenvalue weighted by Crippen LogP contribution is 2.38. The zero-order valence-corrected chi connectivity index (χ0v) is 16.6. The van der Waals surface area contributed by atoms with Crippen LogP contribution in [0.25, 0.3) is 17.3 Å². The van der Waals surface area contributed by atoms with Crippen LogP contribution in [0.15, 0.2) is 59.6 Å². The third kappa shape index (κ3) is 3.95. The van der Waals surface area contributed by atoms with Crippen LogP contribution < -0.4 is 5.32 Å². The summed E-state index contributed by atoms with van der Waals surface area (Å²) in [6.07, 6.45) is 7.08. The van der Waals surface area contributed by atoms with E-state index in [9.17, 15) is 4.79 Å². The molecule has 0 aliphatic heterocycles. The van der Waals surface area contributed by atoms with Crippen molar-refractivity contribution in [3.8, 4) is 17.3 Å². The second-order valence-corrected chi connectivity index (χ2v) is 7.55. The van der Waals surface area contributed by atoms with Gasteiger partial charge in [0.1, 0.15) is 17.8 Å². The summed E-state index contributed by atoms with van der Waals surface area (Å²) >= 11 is 5.97. The molecule has 1 saturated carbocycles. The summed E-state index contributed by atoms with van der Waals surface area (Å²) in [7, 11) is 0. The van der Waals surface area contributed by atoms with Crippen molar-refractivity contribution in [1.82, 2.24) is 30.0 Å². The predicted octanol–water partition coefficient (Wildman–Crippen LogP) is 3.78. The van der Waals surface area contributed by atoms with E-state index >= 15 is 0 Å². The summed E-state index contributed by atoms with van der Waals surface area (Å²) in [6, 6.07) is 11.0. The lowest BCUT2D eigenvalue weighted by Crippen LogP contribution is -2.23. The van der Waals surface area contributed by atoms with Gasteiger partial charge in [-0.05, 0) is 42.7 Å². The SMILES string of the molecule is O=C(NCc1cccc(Cl)c1)c1cn(-c2ccc(-c3nc(C4CC4)no3)cn2)cn1. The highest BCUT2D eigenvalue weighted by molar-refractivity contribution is 6.30. The van der Waals surface area contributed by atoms with Crippen LogP contribution >= 0.6 is 11.6 Å². The number of nitrogens with zero attached hydrogens (tertiary/aromatic N) is 5. The van der Waals surface area contributed by atoms with Crippen LogP contribution in [-0.4, -0.2) is 30.6 Å². The Morgan fingerprint density at radius 3 is 2.90 bits per heavy atom. The number of nitrogens with one attached hydrogen (secondary N) is 1. The molecule has 150 valence electrons. The molecule has 1 aliphatic rings. The van der Waals surface area contributed by atoms with Gasteiger partial charge in [0.05, 0.1) is 5.56 Å². The lowest BCUT2D eigenvalue weighted by atomic mass is 10.2. The number of halogens is 1. The second-order valence-electron chi connectivity index (χ2n) is 7.12. The molecule has 8 nitrogen and oxygen atoms in total. The maximum absolute atomic E-state index is 12.4. The Morgan fingerprint density at radius 2 is 2.13 bits per heavy atom. The molecular weight excluding hydrogens is 404 g/mol. The first-order chi connectivity index (χ1) is 14.7. The Hall–Kier alpha value is -3.52. The van der Waals surface area contributed by atoms with Crippen LogP contribution in [0.2, 0.25) is 5.02 Å². The highest BCUT2D eigenvalue weighted by atomic mass is 35.5. The molecule has 0 saturated heterocycles. The molecule has 1 amide bonds. The second kappa shape index (κ2) is 7.72. The molecule has 30 heavy (non-hydrogen) atoms. The van der Waals surface area contributed by atoms with Gasteiger partial charge in [-0.2, -0.15) is 4.98 Å². The summed E-state index contributed by atoms with van der Waals surface area (Å²) in [6.45, 7) is 0.367. The minimum absolute atomic E-state index is 0.274. The Kier molecular flexibility index (Phi) is 4.76. The van der Waals surface area contributed by atoms with Crippen LogP contribution in [0, 0.1) is 0 Å². The summed E-state index contributed by atoms with van der Waals surface area (Å²) < 4.78 is 7.00. The van der Waals surface area contributed by atoms with Crippen molar-refractivity contribution >= 4 is 17.5 Å². The lowest BCUT2D eigenvalue weighted by Gasteiger charge is -2.04. The fourth-order valence-corrected chi connectivity index (χ4v) is 3.22. The number of hydrogen-bond donors (Lipinski definition) is 1. The van der Waals surface area contributed by atoms with Crippen LogP contribution in [0.4, 0.5) is 0 Å². The molecule has 3 heterocycles. The van der Waals surface area contributed by atoms with Gasteiger partial charge in [0.2, 0.25) is 0 Å². The van der Waals surface area contributed by atoms with Gasteiger partial charge < -0.3 is 9.84 Å². The zero-order chi connectivity index (χ0) is 20.5. The van der Waals surface area contributed by atoms with Gasteiger partial charge in [-0.15, -0.1) is 0 Å². The smallest absolute Gasteiger partial charge is 0.271 e. The summed E-state index contributed by atoms with van der Waals surface area (Å²) in [5, 5.41) is 7.48. The van der Waals surface area contributed by atoms with E-state index in [1.165, 1.54) is 0 Å². The first-order valence-electron chi connectivity index (χ1n) is 9.53. The van der Waals surface area contributed by atoms with E-state index in [1.807, 2.05) is 30.3 Å². The Bertz CT molecular complexity index is 1200. The summed E-state index contributed by atoms with van der Waals surface area (Å²) in [5.74, 6) is 2.01. The number of aromatic nitrogens is 5. The number of carbonyl (C=O) groups is 1. The minimum atomic E-state index is -0.274. The predicted molar refractivity (Wildman–Crippen MR) is 109 cm³/mol. The minimum Gasteiger partial charge on any atom is -0.347 e. The zero-order valence-electron chi connectivity index (χ0n) is 15.8. The molecule has 9 heteroatoms. The molecular formula is C21H17ClN6O2. The van der Waals surface area contributed by atoms with Gasteiger partial charge >= 0.3 is 0 Å². The first kappa shape index (κ1) is 18.5. The fraction of sp³-hybridized carbons (Fsp3) is 0.190. The molecule has 4 aromatic rings.